The van der Waals surface area contributed by atoms with Crippen molar-refractivity contribution in [3.8, 4) is 29.0 Å². The third-order valence-electron chi connectivity index (χ3n) is 6.00. The standard InChI is InChI=1S/C30H24N2O6/c1-20-7-9-25(27(14-20)37-18-22-5-2-4-21(15-22)17-31)30(34)38-19-23-6-3-11-32(29(23)33)24-8-10-26-28(16-24)36-13-12-35-26/h2-11,14-16H,12-13,18-19H2,1H3. The van der Waals surface area contributed by atoms with Gasteiger partial charge in [-0.3, -0.25) is 9.36 Å². The first-order chi connectivity index (χ1) is 18.5. The van der Waals surface area contributed by atoms with Crippen LogP contribution in [0.5, 0.6) is 17.2 Å². The molecule has 0 spiro atoms. The van der Waals surface area contributed by atoms with Gasteiger partial charge in [-0.05, 0) is 66.6 Å². The Kier molecular flexibility index (Phi) is 7.09. The SMILES string of the molecule is Cc1ccc(C(=O)OCc2cccn(-c3ccc4c(c3)OCCO4)c2=O)c(OCc2cccc(C#N)c2)c1. The summed E-state index contributed by atoms with van der Waals surface area (Å²) in [7, 11) is 0. The van der Waals surface area contributed by atoms with E-state index in [0.29, 0.717) is 47.3 Å². The molecular formula is C30H24N2O6. The molecule has 190 valence electrons. The van der Waals surface area contributed by atoms with E-state index in [-0.39, 0.29) is 24.3 Å². The first-order valence-electron chi connectivity index (χ1n) is 12.0. The number of fused-ring (bicyclic) bond motifs is 1. The first kappa shape index (κ1) is 24.7. The number of nitriles is 1. The molecule has 0 unspecified atom stereocenters. The van der Waals surface area contributed by atoms with E-state index >= 15 is 0 Å². The summed E-state index contributed by atoms with van der Waals surface area (Å²) in [5, 5.41) is 9.12. The average Bonchev–Trinajstić information content (AvgIpc) is 2.95. The lowest BCUT2D eigenvalue weighted by Crippen LogP contribution is -2.23. The maximum Gasteiger partial charge on any atom is 0.342 e. The molecule has 0 saturated carbocycles. The fourth-order valence-electron chi connectivity index (χ4n) is 4.06. The molecule has 1 aliphatic rings. The zero-order valence-corrected chi connectivity index (χ0v) is 20.7. The molecule has 0 aliphatic carbocycles. The van der Waals surface area contributed by atoms with Crippen molar-refractivity contribution in [2.24, 2.45) is 0 Å². The minimum Gasteiger partial charge on any atom is -0.488 e. The molecule has 8 heteroatoms. The molecule has 4 aromatic rings. The van der Waals surface area contributed by atoms with E-state index in [2.05, 4.69) is 6.07 Å². The lowest BCUT2D eigenvalue weighted by molar-refractivity contribution is 0.0466. The summed E-state index contributed by atoms with van der Waals surface area (Å²) in [4.78, 5) is 26.2. The summed E-state index contributed by atoms with van der Waals surface area (Å²) >= 11 is 0. The molecule has 5 rings (SSSR count). The predicted molar refractivity (Wildman–Crippen MR) is 139 cm³/mol. The van der Waals surface area contributed by atoms with Crippen LogP contribution in [0.25, 0.3) is 5.69 Å². The second kappa shape index (κ2) is 10.9. The molecule has 38 heavy (non-hydrogen) atoms. The molecule has 0 N–H and O–H groups in total. The Morgan fingerprint density at radius 1 is 0.974 bits per heavy atom. The lowest BCUT2D eigenvalue weighted by Gasteiger charge is -2.19. The van der Waals surface area contributed by atoms with Crippen LogP contribution in [-0.2, 0) is 18.0 Å². The van der Waals surface area contributed by atoms with Crippen LogP contribution in [0.1, 0.15) is 32.6 Å². The first-order valence-corrected chi connectivity index (χ1v) is 12.0. The van der Waals surface area contributed by atoms with Crippen LogP contribution >= 0.6 is 0 Å². The Hall–Kier alpha value is -5.03. The number of aromatic nitrogens is 1. The highest BCUT2D eigenvalue weighted by atomic mass is 16.6. The predicted octanol–water partition coefficient (Wildman–Crippen LogP) is 4.72. The molecule has 0 saturated heterocycles. The number of ether oxygens (including phenoxy) is 4. The third-order valence-corrected chi connectivity index (χ3v) is 6.00. The third kappa shape index (κ3) is 5.37. The molecule has 0 fully saturated rings. The van der Waals surface area contributed by atoms with Gasteiger partial charge in [0.2, 0.25) is 0 Å². The van der Waals surface area contributed by atoms with Crippen LogP contribution in [0.2, 0.25) is 0 Å². The fourth-order valence-corrected chi connectivity index (χ4v) is 4.06. The quantitative estimate of drug-likeness (QED) is 0.333. The molecule has 3 aromatic carbocycles. The number of benzene rings is 3. The highest BCUT2D eigenvalue weighted by Crippen LogP contribution is 2.31. The van der Waals surface area contributed by atoms with Gasteiger partial charge in [0.25, 0.3) is 5.56 Å². The summed E-state index contributed by atoms with van der Waals surface area (Å²) in [6.45, 7) is 2.79. The number of rotatable bonds is 7. The summed E-state index contributed by atoms with van der Waals surface area (Å²) in [6, 6.07) is 23.0. The Labute approximate surface area is 219 Å². The van der Waals surface area contributed by atoms with Crippen molar-refractivity contribution in [3.05, 3.63) is 117 Å². The number of aryl methyl sites for hydroxylation is 1. The van der Waals surface area contributed by atoms with E-state index in [0.717, 1.165) is 11.1 Å². The molecule has 0 amide bonds. The number of carbonyl (C=O) groups excluding carboxylic acids is 1. The Bertz CT molecular complexity index is 1600. The smallest absolute Gasteiger partial charge is 0.342 e. The number of hydrogen-bond donors (Lipinski definition) is 0. The number of pyridine rings is 1. The van der Waals surface area contributed by atoms with Crippen LogP contribution in [0.15, 0.2) is 83.8 Å². The lowest BCUT2D eigenvalue weighted by atomic mass is 10.1. The van der Waals surface area contributed by atoms with Gasteiger partial charge in [-0.1, -0.05) is 18.2 Å². The number of hydrogen-bond acceptors (Lipinski definition) is 7. The monoisotopic (exact) mass is 508 g/mol. The maximum absolute atomic E-state index is 13.2. The molecule has 1 aliphatic heterocycles. The van der Waals surface area contributed by atoms with Gasteiger partial charge in [-0.25, -0.2) is 4.79 Å². The summed E-state index contributed by atoms with van der Waals surface area (Å²) in [5.74, 6) is 0.953. The van der Waals surface area contributed by atoms with Gasteiger partial charge in [0.15, 0.2) is 11.5 Å². The largest absolute Gasteiger partial charge is 0.488 e. The van der Waals surface area contributed by atoms with Crippen molar-refractivity contribution < 1.29 is 23.7 Å². The van der Waals surface area contributed by atoms with Gasteiger partial charge < -0.3 is 18.9 Å². The van der Waals surface area contributed by atoms with Gasteiger partial charge in [-0.15, -0.1) is 0 Å². The molecule has 0 atom stereocenters. The van der Waals surface area contributed by atoms with Crippen LogP contribution in [0, 0.1) is 18.3 Å². The molecule has 1 aromatic heterocycles. The Morgan fingerprint density at radius 2 is 1.82 bits per heavy atom. The van der Waals surface area contributed by atoms with Crippen LogP contribution in [0.4, 0.5) is 0 Å². The van der Waals surface area contributed by atoms with Crippen LogP contribution < -0.4 is 19.8 Å². The Balaban J connectivity index is 1.31. The van der Waals surface area contributed by atoms with Gasteiger partial charge in [0, 0.05) is 12.3 Å². The topological polar surface area (TPSA) is 99.8 Å². The van der Waals surface area contributed by atoms with Crippen molar-refractivity contribution in [1.29, 1.82) is 5.26 Å². The molecular weight excluding hydrogens is 484 g/mol. The van der Waals surface area contributed by atoms with Gasteiger partial charge in [0.1, 0.15) is 37.7 Å². The van der Waals surface area contributed by atoms with Gasteiger partial charge in [-0.2, -0.15) is 5.26 Å². The maximum atomic E-state index is 13.2. The summed E-state index contributed by atoms with van der Waals surface area (Å²) < 4.78 is 24.1. The highest BCUT2D eigenvalue weighted by Gasteiger charge is 2.17. The normalized spacial score (nSPS) is 11.9. The average molecular weight is 509 g/mol. The van der Waals surface area contributed by atoms with E-state index in [1.807, 2.05) is 13.0 Å². The Morgan fingerprint density at radius 3 is 2.66 bits per heavy atom. The minimum absolute atomic E-state index is 0.179. The van der Waals surface area contributed by atoms with Crippen molar-refractivity contribution in [1.82, 2.24) is 4.57 Å². The fraction of sp³-hybridized carbons (Fsp3) is 0.167. The molecule has 2 heterocycles. The zero-order valence-electron chi connectivity index (χ0n) is 20.7. The van der Waals surface area contributed by atoms with Crippen molar-refractivity contribution in [2.75, 3.05) is 13.2 Å². The van der Waals surface area contributed by atoms with Crippen molar-refractivity contribution in [2.45, 2.75) is 20.1 Å². The summed E-state index contributed by atoms with van der Waals surface area (Å²) in [6.07, 6.45) is 1.65. The van der Waals surface area contributed by atoms with E-state index in [1.54, 1.807) is 72.9 Å². The van der Waals surface area contributed by atoms with E-state index < -0.39 is 5.97 Å². The van der Waals surface area contributed by atoms with Crippen LogP contribution in [0.3, 0.4) is 0 Å². The van der Waals surface area contributed by atoms with E-state index in [1.165, 1.54) is 4.57 Å². The van der Waals surface area contributed by atoms with Crippen molar-refractivity contribution in [3.63, 3.8) is 0 Å². The van der Waals surface area contributed by atoms with Crippen molar-refractivity contribution >= 4 is 5.97 Å². The van der Waals surface area contributed by atoms with E-state index in [4.69, 9.17) is 24.2 Å². The second-order valence-electron chi connectivity index (χ2n) is 8.71. The zero-order chi connectivity index (χ0) is 26.5. The number of nitrogens with zero attached hydrogens (tertiary/aromatic N) is 2. The molecule has 0 radical (unpaired) electrons. The van der Waals surface area contributed by atoms with E-state index in [9.17, 15) is 9.59 Å². The molecule has 8 nitrogen and oxygen atoms in total. The number of esters is 1. The molecule has 0 bridgehead atoms. The minimum atomic E-state index is -0.611. The highest BCUT2D eigenvalue weighted by molar-refractivity contribution is 5.92. The van der Waals surface area contributed by atoms with Crippen LogP contribution in [-0.4, -0.2) is 23.8 Å². The summed E-state index contributed by atoms with van der Waals surface area (Å²) in [5.41, 5.74) is 3.10. The second-order valence-corrected chi connectivity index (χ2v) is 8.71. The number of carbonyl (C=O) groups is 1. The van der Waals surface area contributed by atoms with Gasteiger partial charge >= 0.3 is 5.97 Å². The van der Waals surface area contributed by atoms with Gasteiger partial charge in [0.05, 0.1) is 22.9 Å².